The first-order valence-electron chi connectivity index (χ1n) is 14.0. The maximum atomic E-state index is 14.5. The molecule has 1 atom stereocenters. The zero-order chi connectivity index (χ0) is 32.7. The molecule has 0 fully saturated rings. The molecular weight excluding hydrogens is 676 g/mol. The van der Waals surface area contributed by atoms with E-state index >= 15 is 0 Å². The Balaban J connectivity index is 1.84. The second-order valence-electron chi connectivity index (χ2n) is 10.3. The first-order valence-corrected chi connectivity index (χ1v) is 17.0. The van der Waals surface area contributed by atoms with Crippen LogP contribution in [0.25, 0.3) is 0 Å². The molecule has 4 aromatic carbocycles. The number of rotatable bonds is 12. The molecule has 4 aromatic rings. The molecule has 0 aromatic heterocycles. The van der Waals surface area contributed by atoms with Crippen LogP contribution in [0, 0.1) is 6.92 Å². The second kappa shape index (κ2) is 15.3. The molecule has 0 saturated carbocycles. The molecule has 0 spiro atoms. The van der Waals surface area contributed by atoms with Gasteiger partial charge in [0.25, 0.3) is 10.0 Å². The Labute approximate surface area is 283 Å². The van der Waals surface area contributed by atoms with E-state index < -0.39 is 34.4 Å². The average Bonchev–Trinajstić information content (AvgIpc) is 3.01. The Morgan fingerprint density at radius 3 is 2.13 bits per heavy atom. The third-order valence-corrected chi connectivity index (χ3v) is 10.4. The van der Waals surface area contributed by atoms with E-state index in [-0.39, 0.29) is 38.6 Å². The molecule has 0 aliphatic carbocycles. The number of amides is 2. The molecule has 236 valence electrons. The van der Waals surface area contributed by atoms with Gasteiger partial charge in [0.1, 0.15) is 12.6 Å². The highest BCUT2D eigenvalue weighted by molar-refractivity contribution is 7.92. The molecule has 0 unspecified atom stereocenters. The highest BCUT2D eigenvalue weighted by Crippen LogP contribution is 2.36. The lowest BCUT2D eigenvalue weighted by molar-refractivity contribution is -0.140. The van der Waals surface area contributed by atoms with Gasteiger partial charge in [-0.2, -0.15) is 0 Å². The summed E-state index contributed by atoms with van der Waals surface area (Å²) in [7, 11) is -4.34. The number of likely N-dealkylation sites (N-methyl/N-ethyl adjacent to an activating group) is 1. The van der Waals surface area contributed by atoms with Crippen LogP contribution in [0.15, 0.2) is 95.9 Å². The summed E-state index contributed by atoms with van der Waals surface area (Å²) in [5.74, 6) is -1.05. The first kappa shape index (κ1) is 34.6. The molecule has 1 N–H and O–H groups in total. The van der Waals surface area contributed by atoms with Crippen molar-refractivity contribution in [3.63, 3.8) is 0 Å². The van der Waals surface area contributed by atoms with Crippen molar-refractivity contribution in [3.05, 3.63) is 128 Å². The lowest BCUT2D eigenvalue weighted by atomic mass is 10.0. The van der Waals surface area contributed by atoms with Gasteiger partial charge in [0.05, 0.1) is 30.7 Å². The molecule has 0 aliphatic heterocycles. The number of aryl methyl sites for hydroxylation is 1. The molecule has 0 aliphatic rings. The van der Waals surface area contributed by atoms with Crippen LogP contribution in [0.4, 0.5) is 5.69 Å². The van der Waals surface area contributed by atoms with E-state index in [0.29, 0.717) is 17.1 Å². The van der Waals surface area contributed by atoms with E-state index in [0.717, 1.165) is 15.4 Å². The molecule has 7 nitrogen and oxygen atoms in total. The minimum absolute atomic E-state index is 0.0187. The zero-order valence-corrected chi connectivity index (χ0v) is 28.4. The summed E-state index contributed by atoms with van der Waals surface area (Å²) in [6.45, 7) is 3.19. The molecule has 0 radical (unpaired) electrons. The summed E-state index contributed by atoms with van der Waals surface area (Å²) in [5.41, 5.74) is 2.28. The molecule has 4 rings (SSSR count). The van der Waals surface area contributed by atoms with Gasteiger partial charge in [0, 0.05) is 19.5 Å². The molecule has 12 heteroatoms. The molecular formula is C33H31Cl4N3O4S. The van der Waals surface area contributed by atoms with Crippen LogP contribution in [0.5, 0.6) is 0 Å². The fraction of sp³-hybridized carbons (Fsp3) is 0.212. The number of sulfonamides is 1. The second-order valence-corrected chi connectivity index (χ2v) is 13.7. The Kier molecular flexibility index (Phi) is 11.8. The van der Waals surface area contributed by atoms with Crippen molar-refractivity contribution in [2.24, 2.45) is 0 Å². The fourth-order valence-electron chi connectivity index (χ4n) is 4.72. The lowest BCUT2D eigenvalue weighted by Gasteiger charge is -2.34. The Morgan fingerprint density at radius 2 is 1.49 bits per heavy atom. The number of carbonyl (C=O) groups excluding carboxylic acids is 2. The predicted molar refractivity (Wildman–Crippen MR) is 182 cm³/mol. The lowest BCUT2D eigenvalue weighted by Crippen LogP contribution is -2.53. The van der Waals surface area contributed by atoms with E-state index in [1.54, 1.807) is 43.3 Å². The number of hydrogen-bond acceptors (Lipinski definition) is 4. The monoisotopic (exact) mass is 705 g/mol. The summed E-state index contributed by atoms with van der Waals surface area (Å²) in [6, 6.07) is 23.9. The van der Waals surface area contributed by atoms with Crippen LogP contribution in [-0.4, -0.2) is 44.3 Å². The van der Waals surface area contributed by atoms with Crippen molar-refractivity contribution >= 4 is 73.9 Å². The molecule has 0 saturated heterocycles. The Morgan fingerprint density at radius 1 is 0.800 bits per heavy atom. The quantitative estimate of drug-likeness (QED) is 0.165. The normalized spacial score (nSPS) is 12.0. The third-order valence-electron chi connectivity index (χ3n) is 7.05. The van der Waals surface area contributed by atoms with Crippen molar-refractivity contribution < 1.29 is 18.0 Å². The minimum atomic E-state index is -4.34. The van der Waals surface area contributed by atoms with E-state index in [4.69, 9.17) is 46.4 Å². The average molecular weight is 708 g/mol. The van der Waals surface area contributed by atoms with Crippen molar-refractivity contribution in [2.75, 3.05) is 17.4 Å². The number of nitrogens with one attached hydrogen (secondary N) is 1. The zero-order valence-electron chi connectivity index (χ0n) is 24.5. The number of halogens is 4. The molecule has 0 bridgehead atoms. The van der Waals surface area contributed by atoms with Crippen molar-refractivity contribution in [3.8, 4) is 0 Å². The summed E-state index contributed by atoms with van der Waals surface area (Å²) < 4.78 is 29.2. The van der Waals surface area contributed by atoms with Gasteiger partial charge in [-0.3, -0.25) is 13.9 Å². The largest absolute Gasteiger partial charge is 0.355 e. The summed E-state index contributed by atoms with van der Waals surface area (Å²) in [4.78, 5) is 29.4. The van der Waals surface area contributed by atoms with Gasteiger partial charge in [-0.05, 0) is 61.4 Å². The number of carbonyl (C=O) groups is 2. The number of hydrogen-bond donors (Lipinski definition) is 1. The van der Waals surface area contributed by atoms with Crippen LogP contribution >= 0.6 is 46.4 Å². The Hall–Kier alpha value is -3.27. The van der Waals surface area contributed by atoms with E-state index in [9.17, 15) is 18.0 Å². The van der Waals surface area contributed by atoms with Crippen molar-refractivity contribution in [1.82, 2.24) is 10.2 Å². The maximum Gasteiger partial charge on any atom is 0.264 e. The van der Waals surface area contributed by atoms with Crippen molar-refractivity contribution in [2.45, 2.75) is 37.8 Å². The van der Waals surface area contributed by atoms with Crippen LogP contribution in [-0.2, 0) is 32.6 Å². The van der Waals surface area contributed by atoms with Gasteiger partial charge in [-0.15, -0.1) is 0 Å². The molecule has 45 heavy (non-hydrogen) atoms. The number of benzene rings is 4. The van der Waals surface area contributed by atoms with Gasteiger partial charge in [-0.25, -0.2) is 8.42 Å². The standard InChI is InChI=1S/C33H31Cl4N3O4S/c1-3-38-33(42)30(19-23-8-5-4-6-9-23)39(20-24-14-17-26(34)28(36)18-24)31(41)21-40(29-11-7-10-27(35)32(29)37)45(43,44)25-15-12-22(2)13-16-25/h4-18,30H,3,19-21H2,1-2H3,(H,38,42)/t30-/m0/s1. The SMILES string of the molecule is CCNC(=O)[C@H](Cc1ccccc1)N(Cc1ccc(Cl)c(Cl)c1)C(=O)CN(c1cccc(Cl)c1Cl)S(=O)(=O)c1ccc(C)cc1. The van der Waals surface area contributed by atoms with Gasteiger partial charge in [0.2, 0.25) is 11.8 Å². The topological polar surface area (TPSA) is 86.8 Å². The van der Waals surface area contributed by atoms with Gasteiger partial charge in [-0.1, -0.05) is 107 Å². The molecule has 2 amide bonds. The van der Waals surface area contributed by atoms with E-state index in [1.807, 2.05) is 37.3 Å². The van der Waals surface area contributed by atoms with Gasteiger partial charge in [0.15, 0.2) is 0 Å². The van der Waals surface area contributed by atoms with E-state index in [2.05, 4.69) is 5.32 Å². The van der Waals surface area contributed by atoms with Crippen molar-refractivity contribution in [1.29, 1.82) is 0 Å². The molecule has 0 heterocycles. The summed E-state index contributed by atoms with van der Waals surface area (Å²) in [6.07, 6.45) is 0.169. The fourth-order valence-corrected chi connectivity index (χ4v) is 6.91. The van der Waals surface area contributed by atoms with Crippen LogP contribution in [0.3, 0.4) is 0 Å². The summed E-state index contributed by atoms with van der Waals surface area (Å²) in [5, 5.41) is 3.49. The summed E-state index contributed by atoms with van der Waals surface area (Å²) >= 11 is 25.3. The maximum absolute atomic E-state index is 14.5. The van der Waals surface area contributed by atoms with Crippen LogP contribution < -0.4 is 9.62 Å². The Bertz CT molecular complexity index is 1770. The smallest absolute Gasteiger partial charge is 0.264 e. The number of anilines is 1. The third kappa shape index (κ3) is 8.51. The van der Waals surface area contributed by atoms with E-state index in [1.165, 1.54) is 29.2 Å². The van der Waals surface area contributed by atoms with Crippen LogP contribution in [0.1, 0.15) is 23.6 Å². The van der Waals surface area contributed by atoms with Gasteiger partial charge < -0.3 is 10.2 Å². The first-order chi connectivity index (χ1) is 21.4. The predicted octanol–water partition coefficient (Wildman–Crippen LogP) is 7.58. The highest BCUT2D eigenvalue weighted by atomic mass is 35.5. The minimum Gasteiger partial charge on any atom is -0.355 e. The number of nitrogens with zero attached hydrogens (tertiary/aromatic N) is 2. The highest BCUT2D eigenvalue weighted by Gasteiger charge is 2.35. The van der Waals surface area contributed by atoms with Gasteiger partial charge >= 0.3 is 0 Å². The van der Waals surface area contributed by atoms with Crippen LogP contribution in [0.2, 0.25) is 20.1 Å².